The number of hydrogen-bond acceptors (Lipinski definition) is 2. The van der Waals surface area contributed by atoms with Gasteiger partial charge in [0.15, 0.2) is 0 Å². The van der Waals surface area contributed by atoms with E-state index in [-0.39, 0.29) is 0 Å². The Hall–Kier alpha value is -0.760. The van der Waals surface area contributed by atoms with Crippen LogP contribution in [0.15, 0.2) is 30.0 Å². The van der Waals surface area contributed by atoms with Gasteiger partial charge in [0.1, 0.15) is 5.75 Å². The van der Waals surface area contributed by atoms with E-state index < -0.39 is 0 Å². The smallest absolute Gasteiger partial charge is 0.129 e. The molecule has 0 aliphatic rings. The fraction of sp³-hybridized carbons (Fsp3) is 0.571. The summed E-state index contributed by atoms with van der Waals surface area (Å²) >= 11 is 1.69. The van der Waals surface area contributed by atoms with Crippen LogP contribution >= 0.6 is 11.3 Å². The van der Waals surface area contributed by atoms with Crippen molar-refractivity contribution < 1.29 is 4.74 Å². The van der Waals surface area contributed by atoms with Gasteiger partial charge in [-0.25, -0.2) is 0 Å². The van der Waals surface area contributed by atoms with Crippen molar-refractivity contribution in [1.29, 1.82) is 0 Å². The minimum Gasteiger partial charge on any atom is -0.493 e. The van der Waals surface area contributed by atoms with Crippen LogP contribution in [0.1, 0.15) is 45.4 Å². The van der Waals surface area contributed by atoms with Crippen molar-refractivity contribution in [1.82, 2.24) is 0 Å². The zero-order valence-electron chi connectivity index (χ0n) is 10.4. The number of rotatable bonds is 8. The zero-order chi connectivity index (χ0) is 12.1. The summed E-state index contributed by atoms with van der Waals surface area (Å²) in [4.78, 5) is 0. The third-order valence-electron chi connectivity index (χ3n) is 2.26. The van der Waals surface area contributed by atoms with E-state index in [2.05, 4.69) is 30.8 Å². The fourth-order valence-electron chi connectivity index (χ4n) is 1.41. The van der Waals surface area contributed by atoms with Gasteiger partial charge in [0.05, 0.1) is 6.61 Å². The van der Waals surface area contributed by atoms with Crippen LogP contribution in [0, 0.1) is 0 Å². The van der Waals surface area contributed by atoms with E-state index in [0.717, 1.165) is 12.4 Å². The largest absolute Gasteiger partial charge is 0.493 e. The lowest BCUT2D eigenvalue weighted by Gasteiger charge is -2.03. The molecule has 0 aliphatic carbocycles. The molecule has 1 aromatic heterocycles. The monoisotopic (exact) mass is 240 g/mol. The highest BCUT2D eigenvalue weighted by Crippen LogP contribution is 2.15. The Kier molecular flexibility index (Phi) is 11.7. The third-order valence-corrected chi connectivity index (χ3v) is 2.92. The molecule has 1 nitrogen and oxygen atoms in total. The molecule has 0 unspecified atom stereocenters. The summed E-state index contributed by atoms with van der Waals surface area (Å²) in [5.41, 5.74) is 0. The molecule has 0 fully saturated rings. The predicted molar refractivity (Wildman–Crippen MR) is 74.4 cm³/mol. The first kappa shape index (κ1) is 15.2. The molecule has 0 saturated carbocycles. The van der Waals surface area contributed by atoms with Crippen LogP contribution in [0.2, 0.25) is 0 Å². The maximum Gasteiger partial charge on any atom is 0.129 e. The van der Waals surface area contributed by atoms with Gasteiger partial charge in [0, 0.05) is 5.38 Å². The summed E-state index contributed by atoms with van der Waals surface area (Å²) in [6, 6.07) is 2.03. The van der Waals surface area contributed by atoms with Crippen molar-refractivity contribution in [3.8, 4) is 5.75 Å². The first-order chi connectivity index (χ1) is 7.93. The molecule has 1 rings (SSSR count). The van der Waals surface area contributed by atoms with E-state index in [1.54, 1.807) is 11.3 Å². The first-order valence-electron chi connectivity index (χ1n) is 6.08. The predicted octanol–water partition coefficient (Wildman–Crippen LogP) is 5.29. The zero-order valence-corrected chi connectivity index (χ0v) is 11.2. The van der Waals surface area contributed by atoms with Crippen molar-refractivity contribution in [2.45, 2.75) is 45.4 Å². The Labute approximate surface area is 104 Å². The standard InChI is InChI=1S/C12H20OS.C2H4/c1-2-3-4-5-6-7-9-13-12-8-10-14-11-12;1-2/h8,10-11H,2-7,9H2,1H3;1-2H2. The number of thiophene rings is 1. The Morgan fingerprint density at radius 3 is 2.44 bits per heavy atom. The lowest BCUT2D eigenvalue weighted by Crippen LogP contribution is -1.95. The maximum absolute atomic E-state index is 5.56. The molecular weight excluding hydrogens is 216 g/mol. The van der Waals surface area contributed by atoms with E-state index in [1.165, 1.54) is 38.5 Å². The molecule has 1 aromatic rings. The number of ether oxygens (including phenoxy) is 1. The molecular formula is C14H24OS. The number of hydrogen-bond donors (Lipinski definition) is 0. The van der Waals surface area contributed by atoms with Gasteiger partial charge >= 0.3 is 0 Å². The Morgan fingerprint density at radius 1 is 1.12 bits per heavy atom. The van der Waals surface area contributed by atoms with Gasteiger partial charge in [-0.2, -0.15) is 0 Å². The van der Waals surface area contributed by atoms with Crippen LogP contribution < -0.4 is 4.74 Å². The SMILES string of the molecule is C=C.CCCCCCCCOc1ccsc1. The summed E-state index contributed by atoms with van der Waals surface area (Å²) in [5.74, 6) is 1.03. The van der Waals surface area contributed by atoms with Crippen molar-refractivity contribution in [2.75, 3.05) is 6.61 Å². The molecule has 0 amide bonds. The van der Waals surface area contributed by atoms with E-state index in [1.807, 2.05) is 6.07 Å². The normalized spacial score (nSPS) is 9.31. The highest BCUT2D eigenvalue weighted by atomic mass is 32.1. The minimum absolute atomic E-state index is 0.878. The molecule has 1 heterocycles. The summed E-state index contributed by atoms with van der Waals surface area (Å²) in [7, 11) is 0. The molecule has 0 N–H and O–H groups in total. The third kappa shape index (κ3) is 8.54. The van der Waals surface area contributed by atoms with Crippen LogP contribution in [0.3, 0.4) is 0 Å². The molecule has 2 heteroatoms. The van der Waals surface area contributed by atoms with Crippen LogP contribution in [-0.2, 0) is 0 Å². The Morgan fingerprint density at radius 2 is 1.81 bits per heavy atom. The van der Waals surface area contributed by atoms with Gasteiger partial charge in [-0.1, -0.05) is 39.0 Å². The van der Waals surface area contributed by atoms with Gasteiger partial charge in [0.25, 0.3) is 0 Å². The molecule has 0 radical (unpaired) electrons. The highest BCUT2D eigenvalue weighted by molar-refractivity contribution is 7.08. The Balaban J connectivity index is 0.00000106. The second kappa shape index (κ2) is 12.3. The van der Waals surface area contributed by atoms with Gasteiger partial charge in [-0.05, 0) is 17.9 Å². The van der Waals surface area contributed by atoms with Gasteiger partial charge in [-0.15, -0.1) is 24.5 Å². The molecule has 0 bridgehead atoms. The second-order valence-corrected chi connectivity index (χ2v) is 4.36. The molecule has 92 valence electrons. The van der Waals surface area contributed by atoms with E-state index >= 15 is 0 Å². The van der Waals surface area contributed by atoms with Crippen LogP contribution in [0.4, 0.5) is 0 Å². The molecule has 16 heavy (non-hydrogen) atoms. The maximum atomic E-state index is 5.56. The van der Waals surface area contributed by atoms with Crippen molar-refractivity contribution in [2.24, 2.45) is 0 Å². The van der Waals surface area contributed by atoms with E-state index in [4.69, 9.17) is 4.74 Å². The lowest BCUT2D eigenvalue weighted by molar-refractivity contribution is 0.305. The summed E-state index contributed by atoms with van der Waals surface area (Å²) in [6.45, 7) is 9.13. The van der Waals surface area contributed by atoms with Crippen molar-refractivity contribution in [3.05, 3.63) is 30.0 Å². The molecule has 0 aliphatic heterocycles. The van der Waals surface area contributed by atoms with Crippen molar-refractivity contribution in [3.63, 3.8) is 0 Å². The first-order valence-corrected chi connectivity index (χ1v) is 7.02. The fourth-order valence-corrected chi connectivity index (χ4v) is 1.98. The number of unbranched alkanes of at least 4 members (excludes halogenated alkanes) is 5. The van der Waals surface area contributed by atoms with Crippen LogP contribution in [0.25, 0.3) is 0 Å². The average molecular weight is 240 g/mol. The molecule has 0 saturated heterocycles. The second-order valence-electron chi connectivity index (χ2n) is 3.58. The Bertz CT molecular complexity index is 219. The van der Waals surface area contributed by atoms with Gasteiger partial charge in [0.2, 0.25) is 0 Å². The molecule has 0 atom stereocenters. The summed E-state index contributed by atoms with van der Waals surface area (Å²) in [6.07, 6.45) is 7.95. The van der Waals surface area contributed by atoms with Crippen LogP contribution in [0.5, 0.6) is 5.75 Å². The summed E-state index contributed by atoms with van der Waals surface area (Å²) in [5, 5.41) is 4.10. The quantitative estimate of drug-likeness (QED) is 0.443. The average Bonchev–Trinajstić information content (AvgIpc) is 2.84. The van der Waals surface area contributed by atoms with Crippen molar-refractivity contribution >= 4 is 11.3 Å². The highest BCUT2D eigenvalue weighted by Gasteiger charge is 1.93. The molecule has 0 spiro atoms. The van der Waals surface area contributed by atoms with E-state index in [9.17, 15) is 0 Å². The van der Waals surface area contributed by atoms with Gasteiger partial charge in [-0.3, -0.25) is 0 Å². The lowest BCUT2D eigenvalue weighted by atomic mass is 10.1. The van der Waals surface area contributed by atoms with E-state index in [0.29, 0.717) is 0 Å². The van der Waals surface area contributed by atoms with Crippen LogP contribution in [-0.4, -0.2) is 6.61 Å². The molecule has 0 aromatic carbocycles. The topological polar surface area (TPSA) is 9.23 Å². The minimum atomic E-state index is 0.878. The van der Waals surface area contributed by atoms with Gasteiger partial charge < -0.3 is 4.74 Å². The summed E-state index contributed by atoms with van der Waals surface area (Å²) < 4.78 is 5.56.